The van der Waals surface area contributed by atoms with Gasteiger partial charge >= 0.3 is 11.9 Å². The van der Waals surface area contributed by atoms with Crippen molar-refractivity contribution in [3.8, 4) is 0 Å². The Labute approximate surface area is 191 Å². The van der Waals surface area contributed by atoms with Gasteiger partial charge in [0.05, 0.1) is 6.04 Å². The quantitative estimate of drug-likeness (QED) is 0.0999. The molecule has 11 N–H and O–H groups in total. The zero-order chi connectivity index (χ0) is 25.6. The molecule has 4 amide bonds. The fourth-order valence-electron chi connectivity index (χ4n) is 2.69. The molecule has 0 radical (unpaired) electrons. The van der Waals surface area contributed by atoms with Crippen LogP contribution in [0.15, 0.2) is 0 Å². The summed E-state index contributed by atoms with van der Waals surface area (Å²) in [5, 5.41) is 25.2. The van der Waals surface area contributed by atoms with Gasteiger partial charge in [-0.05, 0) is 45.6 Å². The van der Waals surface area contributed by atoms with E-state index in [0.29, 0.717) is 19.4 Å². The lowest BCUT2D eigenvalue weighted by Crippen LogP contribution is -2.57. The number of carboxylic acids is 2. The molecule has 0 aliphatic carbocycles. The van der Waals surface area contributed by atoms with Crippen LogP contribution < -0.4 is 33.2 Å². The lowest BCUT2D eigenvalue weighted by molar-refractivity contribution is -0.143. The van der Waals surface area contributed by atoms with Gasteiger partial charge in [-0.3, -0.25) is 24.0 Å². The molecule has 0 bridgehead atoms. The minimum atomic E-state index is -1.48. The van der Waals surface area contributed by atoms with Crippen molar-refractivity contribution in [2.45, 2.75) is 76.0 Å². The van der Waals surface area contributed by atoms with Gasteiger partial charge in [0.15, 0.2) is 0 Å². The van der Waals surface area contributed by atoms with Crippen LogP contribution in [0, 0.1) is 0 Å². The number of rotatable bonds is 17. The third kappa shape index (κ3) is 13.0. The zero-order valence-corrected chi connectivity index (χ0v) is 18.5. The number of hydrogen-bond donors (Lipinski definition) is 8. The maximum atomic E-state index is 12.8. The van der Waals surface area contributed by atoms with E-state index < -0.39 is 66.2 Å². The SMILES string of the molecule is CC(N)C(=O)NC(CCCCN)C(=O)NC(CCC(=O)O)C(=O)NC(CCC(N)=O)C(=O)O. The Kier molecular flexibility index (Phi) is 14.0. The monoisotopic (exact) mass is 474 g/mol. The zero-order valence-electron chi connectivity index (χ0n) is 18.5. The minimum Gasteiger partial charge on any atom is -0.481 e. The van der Waals surface area contributed by atoms with Crippen LogP contribution in [0.1, 0.15) is 51.9 Å². The van der Waals surface area contributed by atoms with Gasteiger partial charge in [-0.2, -0.15) is 0 Å². The largest absolute Gasteiger partial charge is 0.481 e. The number of carboxylic acid groups (broad SMARTS) is 2. The summed E-state index contributed by atoms with van der Waals surface area (Å²) < 4.78 is 0. The molecule has 0 spiro atoms. The fraction of sp³-hybridized carbons (Fsp3) is 0.684. The first kappa shape index (κ1) is 29.7. The van der Waals surface area contributed by atoms with Crippen molar-refractivity contribution in [3.63, 3.8) is 0 Å². The Morgan fingerprint density at radius 2 is 1.24 bits per heavy atom. The van der Waals surface area contributed by atoms with E-state index in [1.165, 1.54) is 6.92 Å². The van der Waals surface area contributed by atoms with Crippen LogP contribution in [0.2, 0.25) is 0 Å². The van der Waals surface area contributed by atoms with E-state index in [0.717, 1.165) is 0 Å². The molecule has 14 nitrogen and oxygen atoms in total. The van der Waals surface area contributed by atoms with E-state index in [1.807, 2.05) is 0 Å². The van der Waals surface area contributed by atoms with Crippen LogP contribution in [-0.2, 0) is 28.8 Å². The Bertz CT molecular complexity index is 714. The lowest BCUT2D eigenvalue weighted by Gasteiger charge is -2.24. The third-order valence-electron chi connectivity index (χ3n) is 4.57. The van der Waals surface area contributed by atoms with Gasteiger partial charge in [0.2, 0.25) is 23.6 Å². The first-order valence-electron chi connectivity index (χ1n) is 10.5. The van der Waals surface area contributed by atoms with Gasteiger partial charge in [0.1, 0.15) is 18.1 Å². The highest BCUT2D eigenvalue weighted by atomic mass is 16.4. The highest BCUT2D eigenvalue weighted by molar-refractivity contribution is 5.94. The van der Waals surface area contributed by atoms with Crippen LogP contribution in [0.5, 0.6) is 0 Å². The molecular weight excluding hydrogens is 440 g/mol. The predicted octanol–water partition coefficient (Wildman–Crippen LogP) is -2.87. The van der Waals surface area contributed by atoms with Crippen molar-refractivity contribution < 1.29 is 39.0 Å². The van der Waals surface area contributed by atoms with Crippen LogP contribution >= 0.6 is 0 Å². The standard InChI is InChI=1S/C19H34N6O8/c1-10(21)16(29)23-11(4-2-3-9-20)17(30)24-12(6-8-15(27)28)18(31)25-13(19(32)33)5-7-14(22)26/h10-13H,2-9,20-21H2,1H3,(H2,22,26)(H,23,29)(H,24,30)(H,25,31)(H,27,28)(H,32,33). The Hall–Kier alpha value is -3.26. The Morgan fingerprint density at radius 1 is 0.758 bits per heavy atom. The molecule has 4 unspecified atom stereocenters. The smallest absolute Gasteiger partial charge is 0.326 e. The summed E-state index contributed by atoms with van der Waals surface area (Å²) in [7, 11) is 0. The molecule has 0 aromatic heterocycles. The van der Waals surface area contributed by atoms with Crippen molar-refractivity contribution in [2.24, 2.45) is 17.2 Å². The van der Waals surface area contributed by atoms with Crippen LogP contribution in [0.4, 0.5) is 0 Å². The molecule has 0 aliphatic heterocycles. The average molecular weight is 475 g/mol. The highest BCUT2D eigenvalue weighted by Gasteiger charge is 2.30. The Morgan fingerprint density at radius 3 is 1.70 bits per heavy atom. The molecule has 0 aliphatic rings. The summed E-state index contributed by atoms with van der Waals surface area (Å²) in [6.07, 6.45) is -0.203. The van der Waals surface area contributed by atoms with E-state index in [4.69, 9.17) is 22.3 Å². The van der Waals surface area contributed by atoms with Gasteiger partial charge in [0.25, 0.3) is 0 Å². The highest BCUT2D eigenvalue weighted by Crippen LogP contribution is 2.06. The number of carbonyl (C=O) groups is 6. The summed E-state index contributed by atoms with van der Waals surface area (Å²) in [4.78, 5) is 70.7. The van der Waals surface area contributed by atoms with Crippen molar-refractivity contribution >= 4 is 35.6 Å². The number of nitrogens with two attached hydrogens (primary N) is 3. The van der Waals surface area contributed by atoms with Crippen molar-refractivity contribution in [1.29, 1.82) is 0 Å². The topological polar surface area (TPSA) is 257 Å². The maximum absolute atomic E-state index is 12.8. The second-order valence-electron chi connectivity index (χ2n) is 7.53. The number of primary amides is 1. The molecule has 0 fully saturated rings. The normalized spacial score (nSPS) is 14.3. The fourth-order valence-corrected chi connectivity index (χ4v) is 2.69. The average Bonchev–Trinajstić information content (AvgIpc) is 2.72. The molecule has 14 heteroatoms. The second-order valence-corrected chi connectivity index (χ2v) is 7.53. The van der Waals surface area contributed by atoms with E-state index in [-0.39, 0.29) is 25.7 Å². The molecule has 188 valence electrons. The van der Waals surface area contributed by atoms with Gasteiger partial charge in [-0.15, -0.1) is 0 Å². The summed E-state index contributed by atoms with van der Waals surface area (Å²) in [6.45, 7) is 1.78. The number of unbranched alkanes of at least 4 members (excludes halogenated alkanes) is 1. The van der Waals surface area contributed by atoms with E-state index in [1.54, 1.807) is 0 Å². The summed E-state index contributed by atoms with van der Waals surface area (Å²) in [5.41, 5.74) is 16.0. The second kappa shape index (κ2) is 15.5. The number of hydrogen-bond acceptors (Lipinski definition) is 8. The molecule has 0 aromatic rings. The van der Waals surface area contributed by atoms with Gasteiger partial charge < -0.3 is 43.4 Å². The molecule has 0 aromatic carbocycles. The molecule has 33 heavy (non-hydrogen) atoms. The summed E-state index contributed by atoms with van der Waals surface area (Å²) >= 11 is 0. The molecular formula is C19H34N6O8. The van der Waals surface area contributed by atoms with Gasteiger partial charge in [0, 0.05) is 12.8 Å². The molecule has 4 atom stereocenters. The predicted molar refractivity (Wildman–Crippen MR) is 115 cm³/mol. The summed E-state index contributed by atoms with van der Waals surface area (Å²) in [6, 6.07) is -4.86. The van der Waals surface area contributed by atoms with E-state index >= 15 is 0 Å². The van der Waals surface area contributed by atoms with E-state index in [9.17, 15) is 33.9 Å². The Balaban J connectivity index is 5.48. The van der Waals surface area contributed by atoms with Crippen molar-refractivity contribution in [3.05, 3.63) is 0 Å². The van der Waals surface area contributed by atoms with Crippen molar-refractivity contribution in [1.82, 2.24) is 16.0 Å². The number of carbonyl (C=O) groups excluding carboxylic acids is 4. The van der Waals surface area contributed by atoms with Gasteiger partial charge in [-0.25, -0.2) is 4.79 Å². The third-order valence-corrected chi connectivity index (χ3v) is 4.57. The maximum Gasteiger partial charge on any atom is 0.326 e. The van der Waals surface area contributed by atoms with E-state index in [2.05, 4.69) is 16.0 Å². The van der Waals surface area contributed by atoms with Gasteiger partial charge in [-0.1, -0.05) is 0 Å². The minimum absolute atomic E-state index is 0.186. The molecule has 0 saturated heterocycles. The molecule has 0 heterocycles. The first-order valence-corrected chi connectivity index (χ1v) is 10.5. The number of nitrogens with one attached hydrogen (secondary N) is 3. The molecule has 0 rings (SSSR count). The van der Waals surface area contributed by atoms with Crippen molar-refractivity contribution in [2.75, 3.05) is 6.54 Å². The first-order chi connectivity index (χ1) is 15.4. The lowest BCUT2D eigenvalue weighted by atomic mass is 10.0. The number of aliphatic carboxylic acids is 2. The number of amides is 4. The van der Waals surface area contributed by atoms with Crippen LogP contribution in [-0.4, -0.2) is 76.5 Å². The van der Waals surface area contributed by atoms with Crippen LogP contribution in [0.3, 0.4) is 0 Å². The van der Waals surface area contributed by atoms with Crippen LogP contribution in [0.25, 0.3) is 0 Å². The summed E-state index contributed by atoms with van der Waals surface area (Å²) in [5.74, 6) is -5.77. The molecule has 0 saturated carbocycles.